The predicted octanol–water partition coefficient (Wildman–Crippen LogP) is 5.50. The summed E-state index contributed by atoms with van der Waals surface area (Å²) >= 11 is 11.6. The van der Waals surface area contributed by atoms with Crippen LogP contribution in [0.2, 0.25) is 5.02 Å². The number of alkyl halides is 1. The van der Waals surface area contributed by atoms with Gasteiger partial charge >= 0.3 is 6.03 Å². The van der Waals surface area contributed by atoms with Crippen molar-refractivity contribution in [1.82, 2.24) is 10.3 Å². The van der Waals surface area contributed by atoms with Gasteiger partial charge in [0.1, 0.15) is 17.4 Å². The van der Waals surface area contributed by atoms with Gasteiger partial charge in [0.25, 0.3) is 0 Å². The van der Waals surface area contributed by atoms with E-state index in [0.29, 0.717) is 52.1 Å². The van der Waals surface area contributed by atoms with Gasteiger partial charge in [-0.25, -0.2) is 14.2 Å². The Bertz CT molecular complexity index is 1030. The van der Waals surface area contributed by atoms with Crippen LogP contribution >= 0.6 is 23.2 Å². The first kappa shape index (κ1) is 21.9. The van der Waals surface area contributed by atoms with Crippen molar-refractivity contribution in [3.63, 3.8) is 0 Å². The minimum absolute atomic E-state index is 0.324. The lowest BCUT2D eigenvalue weighted by Gasteiger charge is -2.14. The summed E-state index contributed by atoms with van der Waals surface area (Å²) in [6.45, 7) is 0.358. The number of ether oxygens (including phenoxy) is 1. The maximum atomic E-state index is 15.4. The Kier molecular flexibility index (Phi) is 7.49. The van der Waals surface area contributed by atoms with Gasteiger partial charge in [-0.1, -0.05) is 35.9 Å². The van der Waals surface area contributed by atoms with Crippen molar-refractivity contribution >= 4 is 35.1 Å². The first-order chi connectivity index (χ1) is 14.5. The number of carbonyl (C=O) groups is 1. The molecule has 2 aromatic carbocycles. The van der Waals surface area contributed by atoms with Gasteiger partial charge in [0.2, 0.25) is 0 Å². The minimum atomic E-state index is -0.386. The summed E-state index contributed by atoms with van der Waals surface area (Å²) in [6.07, 6.45) is 1.93. The van der Waals surface area contributed by atoms with E-state index in [1.807, 2.05) is 0 Å². The standard InChI is InChI=1S/C22H20Cl2FN3O2/c1-30-18-7-6-16(21(25)20(18)15-3-2-4-17(24)12-15)11-14-5-8-19(27-13-14)28-22(29)26-10-9-23/h2-8,12-13H,9-11H2,1H3,(H2,26,27,28,29). The average molecular weight is 448 g/mol. The molecule has 0 saturated carbocycles. The number of amides is 2. The minimum Gasteiger partial charge on any atom is -0.496 e. The third-order valence-electron chi connectivity index (χ3n) is 4.36. The van der Waals surface area contributed by atoms with Gasteiger partial charge in [-0.3, -0.25) is 5.32 Å². The number of hydrogen-bond donors (Lipinski definition) is 2. The lowest BCUT2D eigenvalue weighted by atomic mass is 9.97. The molecule has 1 heterocycles. The van der Waals surface area contributed by atoms with Crippen molar-refractivity contribution < 1.29 is 13.9 Å². The Morgan fingerprint density at radius 3 is 2.70 bits per heavy atom. The number of aromatic nitrogens is 1. The van der Waals surface area contributed by atoms with Gasteiger partial charge in [-0.15, -0.1) is 11.6 Å². The quantitative estimate of drug-likeness (QED) is 0.469. The second-order valence-corrected chi connectivity index (χ2v) is 7.24. The van der Waals surface area contributed by atoms with Crippen LogP contribution in [-0.2, 0) is 6.42 Å². The van der Waals surface area contributed by atoms with E-state index in [4.69, 9.17) is 27.9 Å². The second-order valence-electron chi connectivity index (χ2n) is 6.42. The van der Waals surface area contributed by atoms with Gasteiger partial charge in [0.05, 0.1) is 12.7 Å². The van der Waals surface area contributed by atoms with Crippen molar-refractivity contribution in [3.8, 4) is 16.9 Å². The number of hydrogen-bond acceptors (Lipinski definition) is 3. The summed E-state index contributed by atoms with van der Waals surface area (Å²) in [7, 11) is 1.50. The zero-order valence-corrected chi connectivity index (χ0v) is 17.7. The summed E-state index contributed by atoms with van der Waals surface area (Å²) in [5.41, 5.74) is 2.29. The molecule has 0 aliphatic heterocycles. The number of rotatable bonds is 7. The number of urea groups is 1. The molecule has 5 nitrogen and oxygen atoms in total. The Morgan fingerprint density at radius 2 is 2.03 bits per heavy atom. The Morgan fingerprint density at radius 1 is 1.20 bits per heavy atom. The monoisotopic (exact) mass is 447 g/mol. The molecule has 2 N–H and O–H groups in total. The van der Waals surface area contributed by atoms with E-state index in [1.165, 1.54) is 7.11 Å². The van der Waals surface area contributed by atoms with Crippen molar-refractivity contribution in [2.24, 2.45) is 0 Å². The van der Waals surface area contributed by atoms with Crippen LogP contribution in [-0.4, -0.2) is 30.5 Å². The lowest BCUT2D eigenvalue weighted by molar-refractivity contribution is 0.252. The van der Waals surface area contributed by atoms with Gasteiger partial charge in [0, 0.05) is 30.1 Å². The van der Waals surface area contributed by atoms with E-state index in [-0.39, 0.29) is 11.8 Å². The molecule has 156 valence electrons. The first-order valence-electron chi connectivity index (χ1n) is 9.19. The molecule has 1 aromatic heterocycles. The molecule has 0 aliphatic rings. The summed E-state index contributed by atoms with van der Waals surface area (Å²) in [5, 5.41) is 5.71. The molecule has 0 aliphatic carbocycles. The largest absolute Gasteiger partial charge is 0.496 e. The van der Waals surface area contributed by atoms with Gasteiger partial charge in [-0.05, 0) is 41.0 Å². The Balaban J connectivity index is 1.82. The molecule has 8 heteroatoms. The van der Waals surface area contributed by atoms with Crippen LogP contribution in [0.25, 0.3) is 11.1 Å². The molecule has 0 fully saturated rings. The number of halogens is 3. The van der Waals surface area contributed by atoms with E-state index in [1.54, 1.807) is 54.7 Å². The molecule has 3 aromatic rings. The first-order valence-corrected chi connectivity index (χ1v) is 10.1. The fraction of sp³-hybridized carbons (Fsp3) is 0.182. The smallest absolute Gasteiger partial charge is 0.320 e. The van der Waals surface area contributed by atoms with Crippen LogP contribution in [0.4, 0.5) is 15.0 Å². The third-order valence-corrected chi connectivity index (χ3v) is 4.78. The van der Waals surface area contributed by atoms with Gasteiger partial charge in [0.15, 0.2) is 0 Å². The summed E-state index contributed by atoms with van der Waals surface area (Å²) < 4.78 is 20.7. The van der Waals surface area contributed by atoms with Gasteiger partial charge < -0.3 is 10.1 Å². The van der Waals surface area contributed by atoms with E-state index >= 15 is 4.39 Å². The zero-order chi connectivity index (χ0) is 21.5. The maximum Gasteiger partial charge on any atom is 0.320 e. The molecule has 2 amide bonds. The fourth-order valence-corrected chi connectivity index (χ4v) is 3.25. The average Bonchev–Trinajstić information content (AvgIpc) is 2.74. The van der Waals surface area contributed by atoms with E-state index in [2.05, 4.69) is 15.6 Å². The molecule has 0 radical (unpaired) electrons. The molecular weight excluding hydrogens is 428 g/mol. The van der Waals surface area contributed by atoms with E-state index in [9.17, 15) is 4.79 Å². The molecule has 0 spiro atoms. The number of carbonyl (C=O) groups excluding carboxylic acids is 1. The van der Waals surface area contributed by atoms with Crippen molar-refractivity contribution in [3.05, 3.63) is 76.7 Å². The van der Waals surface area contributed by atoms with Crippen molar-refractivity contribution in [2.45, 2.75) is 6.42 Å². The number of benzene rings is 2. The van der Waals surface area contributed by atoms with E-state index in [0.717, 1.165) is 5.56 Å². The highest BCUT2D eigenvalue weighted by molar-refractivity contribution is 6.30. The molecular formula is C22H20Cl2FN3O2. The fourth-order valence-electron chi connectivity index (χ4n) is 2.97. The third kappa shape index (κ3) is 5.40. The van der Waals surface area contributed by atoms with Crippen molar-refractivity contribution in [2.75, 3.05) is 24.9 Å². The van der Waals surface area contributed by atoms with Crippen LogP contribution in [0, 0.1) is 5.82 Å². The number of methoxy groups -OCH3 is 1. The van der Waals surface area contributed by atoms with Crippen LogP contribution in [0.1, 0.15) is 11.1 Å². The van der Waals surface area contributed by atoms with Crippen molar-refractivity contribution in [1.29, 1.82) is 0 Å². The number of pyridine rings is 1. The molecule has 0 unspecified atom stereocenters. The summed E-state index contributed by atoms with van der Waals surface area (Å²) in [4.78, 5) is 15.9. The highest BCUT2D eigenvalue weighted by atomic mass is 35.5. The van der Waals surface area contributed by atoms with Gasteiger partial charge in [-0.2, -0.15) is 0 Å². The Labute approximate surface area is 184 Å². The molecule has 3 rings (SSSR count). The zero-order valence-electron chi connectivity index (χ0n) is 16.2. The lowest BCUT2D eigenvalue weighted by Crippen LogP contribution is -2.30. The van der Waals surface area contributed by atoms with Crippen LogP contribution in [0.3, 0.4) is 0 Å². The number of nitrogens with one attached hydrogen (secondary N) is 2. The molecule has 0 saturated heterocycles. The summed E-state index contributed by atoms with van der Waals surface area (Å²) in [5.74, 6) is 0.767. The number of nitrogens with zero attached hydrogens (tertiary/aromatic N) is 1. The second kappa shape index (κ2) is 10.3. The molecule has 0 atom stereocenters. The highest BCUT2D eigenvalue weighted by Gasteiger charge is 2.17. The molecule has 0 bridgehead atoms. The molecule has 30 heavy (non-hydrogen) atoms. The van der Waals surface area contributed by atoms with Crippen LogP contribution < -0.4 is 15.4 Å². The SMILES string of the molecule is COc1ccc(Cc2ccc(NC(=O)NCCCl)nc2)c(F)c1-c1cccc(Cl)c1. The van der Waals surface area contributed by atoms with Crippen LogP contribution in [0.5, 0.6) is 5.75 Å². The maximum absolute atomic E-state index is 15.4. The van der Waals surface area contributed by atoms with E-state index < -0.39 is 0 Å². The normalized spacial score (nSPS) is 10.5. The Hall–Kier alpha value is -2.83. The predicted molar refractivity (Wildman–Crippen MR) is 118 cm³/mol. The highest BCUT2D eigenvalue weighted by Crippen LogP contribution is 2.36. The van der Waals surface area contributed by atoms with Crippen LogP contribution in [0.15, 0.2) is 54.7 Å². The topological polar surface area (TPSA) is 63.2 Å². The summed E-state index contributed by atoms with van der Waals surface area (Å²) in [6, 6.07) is 13.5. The number of anilines is 1.